The molecule has 0 heterocycles. The fourth-order valence-electron chi connectivity index (χ4n) is 2.66. The molecular formula is C21H40N2O8Si. The fraction of sp³-hybridized carbons (Fsp3) is 0.810. The summed E-state index contributed by atoms with van der Waals surface area (Å²) < 4.78 is 15.1. The minimum atomic E-state index is -1.41. The van der Waals surface area contributed by atoms with E-state index in [4.69, 9.17) is 9.47 Å². The number of carbonyl (C=O) groups excluding carboxylic acids is 4. The molecule has 0 fully saturated rings. The Morgan fingerprint density at radius 2 is 1.66 bits per heavy atom. The Kier molecular flexibility index (Phi) is 11.9. The molecule has 186 valence electrons. The molecule has 0 aliphatic rings. The Morgan fingerprint density at radius 3 is 2.09 bits per heavy atom. The molecule has 3 atom stereocenters. The number of esters is 2. The highest BCUT2D eigenvalue weighted by Gasteiger charge is 2.34. The molecule has 0 aromatic carbocycles. The van der Waals surface area contributed by atoms with Crippen molar-refractivity contribution in [3.63, 3.8) is 0 Å². The molecule has 0 radical (unpaired) electrons. The standard InChI is InChI=1S/C21H40N2O8Si/c1-14(24)17(19(27)30-12-13-32(7,8)9)23(5)16(25)11-10-15(18(26)29-6)22-20(28)31-21(2,3)4/h14-15,17,24H,10-13H2,1-9H3,(H,22,28)/t14-,15-,17+/m1/s1. The normalized spacial score (nSPS) is 14.6. The number of hydrogen-bond acceptors (Lipinski definition) is 8. The molecule has 0 bridgehead atoms. The highest BCUT2D eigenvalue weighted by molar-refractivity contribution is 6.76. The first-order valence-electron chi connectivity index (χ1n) is 10.7. The van der Waals surface area contributed by atoms with Crippen molar-refractivity contribution in [2.24, 2.45) is 0 Å². The fourth-order valence-corrected chi connectivity index (χ4v) is 3.38. The second kappa shape index (κ2) is 12.8. The average molecular weight is 477 g/mol. The van der Waals surface area contributed by atoms with E-state index < -0.39 is 55.8 Å². The van der Waals surface area contributed by atoms with Crippen LogP contribution in [-0.4, -0.2) is 86.6 Å². The van der Waals surface area contributed by atoms with Crippen LogP contribution in [0.3, 0.4) is 0 Å². The van der Waals surface area contributed by atoms with E-state index in [9.17, 15) is 24.3 Å². The first-order valence-corrected chi connectivity index (χ1v) is 14.4. The third-order valence-corrected chi connectivity index (χ3v) is 6.13. The lowest BCUT2D eigenvalue weighted by molar-refractivity contribution is -0.158. The first-order chi connectivity index (χ1) is 14.5. The molecule has 0 aliphatic carbocycles. The lowest BCUT2D eigenvalue weighted by atomic mass is 10.1. The van der Waals surface area contributed by atoms with Crippen LogP contribution in [0.5, 0.6) is 0 Å². The van der Waals surface area contributed by atoms with Crippen LogP contribution in [0.4, 0.5) is 4.79 Å². The van der Waals surface area contributed by atoms with Gasteiger partial charge in [0, 0.05) is 21.5 Å². The minimum absolute atomic E-state index is 0.0771. The number of methoxy groups -OCH3 is 1. The maximum Gasteiger partial charge on any atom is 0.408 e. The van der Waals surface area contributed by atoms with Crippen molar-refractivity contribution in [2.75, 3.05) is 20.8 Å². The monoisotopic (exact) mass is 476 g/mol. The van der Waals surface area contributed by atoms with Crippen molar-refractivity contribution >= 4 is 32.0 Å². The summed E-state index contributed by atoms with van der Waals surface area (Å²) in [5.41, 5.74) is -0.763. The summed E-state index contributed by atoms with van der Waals surface area (Å²) >= 11 is 0. The van der Waals surface area contributed by atoms with E-state index in [1.807, 2.05) is 0 Å². The number of nitrogens with zero attached hydrogens (tertiary/aromatic N) is 1. The van der Waals surface area contributed by atoms with Gasteiger partial charge in [-0.3, -0.25) is 4.79 Å². The van der Waals surface area contributed by atoms with Crippen LogP contribution in [-0.2, 0) is 28.6 Å². The van der Waals surface area contributed by atoms with E-state index in [1.54, 1.807) is 20.8 Å². The highest BCUT2D eigenvalue weighted by Crippen LogP contribution is 2.13. The summed E-state index contributed by atoms with van der Waals surface area (Å²) in [5.74, 6) is -1.92. The summed E-state index contributed by atoms with van der Waals surface area (Å²) in [6.45, 7) is 13.1. The topological polar surface area (TPSA) is 131 Å². The van der Waals surface area contributed by atoms with Gasteiger partial charge in [-0.05, 0) is 40.2 Å². The van der Waals surface area contributed by atoms with E-state index in [2.05, 4.69) is 29.7 Å². The molecule has 2 amide bonds. The molecule has 0 unspecified atom stereocenters. The number of likely N-dealkylation sites (N-methyl/N-ethyl adjacent to an activating group) is 1. The van der Waals surface area contributed by atoms with Gasteiger partial charge in [-0.25, -0.2) is 14.4 Å². The van der Waals surface area contributed by atoms with Crippen molar-refractivity contribution in [2.45, 2.75) is 90.0 Å². The van der Waals surface area contributed by atoms with Crippen molar-refractivity contribution in [1.29, 1.82) is 0 Å². The van der Waals surface area contributed by atoms with E-state index in [-0.39, 0.29) is 19.4 Å². The van der Waals surface area contributed by atoms with Gasteiger partial charge in [-0.15, -0.1) is 0 Å². The number of aliphatic hydroxyl groups is 1. The van der Waals surface area contributed by atoms with Crippen molar-refractivity contribution < 1.29 is 38.5 Å². The Hall–Kier alpha value is -2.14. The molecule has 2 N–H and O–H groups in total. The summed E-state index contributed by atoms with van der Waals surface area (Å²) in [5, 5.41) is 12.4. The molecule has 0 saturated carbocycles. The Morgan fingerprint density at radius 1 is 1.09 bits per heavy atom. The number of amides is 2. The number of aliphatic hydroxyl groups excluding tert-OH is 1. The summed E-state index contributed by atoms with van der Waals surface area (Å²) in [7, 11) is 1.14. The second-order valence-corrected chi connectivity index (χ2v) is 15.6. The third-order valence-electron chi connectivity index (χ3n) is 4.43. The zero-order valence-corrected chi connectivity index (χ0v) is 21.8. The van der Waals surface area contributed by atoms with Crippen molar-refractivity contribution in [1.82, 2.24) is 10.2 Å². The third kappa shape index (κ3) is 12.0. The van der Waals surface area contributed by atoms with Gasteiger partial charge in [0.2, 0.25) is 5.91 Å². The number of alkyl carbamates (subject to hydrolysis) is 1. The van der Waals surface area contributed by atoms with Gasteiger partial charge < -0.3 is 29.5 Å². The van der Waals surface area contributed by atoms with Crippen molar-refractivity contribution in [3.8, 4) is 0 Å². The maximum absolute atomic E-state index is 12.7. The SMILES string of the molecule is COC(=O)[C@@H](CCC(=O)N(C)[C@H](C(=O)OCC[Si](C)(C)C)[C@@H](C)O)NC(=O)OC(C)(C)C. The molecule has 0 aromatic heterocycles. The lowest BCUT2D eigenvalue weighted by Crippen LogP contribution is -2.50. The first kappa shape index (κ1) is 29.9. The number of ether oxygens (including phenoxy) is 3. The van der Waals surface area contributed by atoms with Gasteiger partial charge in [-0.1, -0.05) is 19.6 Å². The van der Waals surface area contributed by atoms with E-state index in [1.165, 1.54) is 21.1 Å². The maximum atomic E-state index is 12.7. The number of nitrogens with one attached hydrogen (secondary N) is 1. The molecule has 32 heavy (non-hydrogen) atoms. The smallest absolute Gasteiger partial charge is 0.408 e. The van der Waals surface area contributed by atoms with Crippen LogP contribution in [0.2, 0.25) is 25.7 Å². The van der Waals surface area contributed by atoms with Crippen LogP contribution < -0.4 is 5.32 Å². The van der Waals surface area contributed by atoms with E-state index >= 15 is 0 Å². The van der Waals surface area contributed by atoms with Gasteiger partial charge >= 0.3 is 18.0 Å². The summed E-state index contributed by atoms with van der Waals surface area (Å²) in [4.78, 5) is 50.3. The number of hydrogen-bond donors (Lipinski definition) is 2. The molecule has 0 saturated heterocycles. The molecule has 10 nitrogen and oxygen atoms in total. The quantitative estimate of drug-likeness (QED) is 0.263. The average Bonchev–Trinajstić information content (AvgIpc) is 2.61. The van der Waals surface area contributed by atoms with Crippen molar-refractivity contribution in [3.05, 3.63) is 0 Å². The predicted molar refractivity (Wildman–Crippen MR) is 122 cm³/mol. The largest absolute Gasteiger partial charge is 0.467 e. The lowest BCUT2D eigenvalue weighted by Gasteiger charge is -2.29. The summed E-state index contributed by atoms with van der Waals surface area (Å²) in [6.07, 6.45) is -2.23. The Bertz CT molecular complexity index is 655. The van der Waals surface area contributed by atoms with Crippen LogP contribution in [0, 0.1) is 0 Å². The van der Waals surface area contributed by atoms with E-state index in [0.717, 1.165) is 10.9 Å². The van der Waals surface area contributed by atoms with Crippen LogP contribution in [0.15, 0.2) is 0 Å². The molecule has 0 aliphatic heterocycles. The Labute approximate surface area is 192 Å². The zero-order chi connectivity index (χ0) is 25.3. The molecule has 0 aromatic rings. The van der Waals surface area contributed by atoms with Gasteiger partial charge in [-0.2, -0.15) is 0 Å². The van der Waals surface area contributed by atoms with Gasteiger partial charge in [0.1, 0.15) is 11.6 Å². The van der Waals surface area contributed by atoms with Crippen LogP contribution in [0.25, 0.3) is 0 Å². The predicted octanol–water partition coefficient (Wildman–Crippen LogP) is 1.92. The number of rotatable bonds is 11. The van der Waals surface area contributed by atoms with Gasteiger partial charge in [0.25, 0.3) is 0 Å². The van der Waals surface area contributed by atoms with Crippen LogP contribution >= 0.6 is 0 Å². The molecule has 11 heteroatoms. The highest BCUT2D eigenvalue weighted by atomic mass is 28.3. The number of carbonyl (C=O) groups is 4. The molecule has 0 spiro atoms. The molecular weight excluding hydrogens is 436 g/mol. The van der Waals surface area contributed by atoms with Gasteiger partial charge in [0.05, 0.1) is 19.8 Å². The second-order valence-electron chi connectivity index (χ2n) is 9.93. The summed E-state index contributed by atoms with van der Waals surface area (Å²) in [6, 6.07) is -1.53. The molecule has 0 rings (SSSR count). The van der Waals surface area contributed by atoms with E-state index in [0.29, 0.717) is 0 Å². The van der Waals surface area contributed by atoms with Crippen LogP contribution in [0.1, 0.15) is 40.5 Å². The zero-order valence-electron chi connectivity index (χ0n) is 20.8. The van der Waals surface area contributed by atoms with Gasteiger partial charge in [0.15, 0.2) is 6.04 Å². The Balaban J connectivity index is 5.07. The minimum Gasteiger partial charge on any atom is -0.467 e.